The van der Waals surface area contributed by atoms with Crippen LogP contribution in [-0.4, -0.2) is 29.1 Å². The molecule has 0 N–H and O–H groups in total. The smallest absolute Gasteiger partial charge is 0.308 e. The van der Waals surface area contributed by atoms with Crippen molar-refractivity contribution in [2.75, 3.05) is 7.05 Å². The molecule has 0 bridgehead atoms. The Morgan fingerprint density at radius 2 is 1.89 bits per heavy atom. The average molecular weight is 277 g/mol. The minimum atomic E-state index is -0.389. The summed E-state index contributed by atoms with van der Waals surface area (Å²) in [6.45, 7) is 1.32. The number of esters is 1. The van der Waals surface area contributed by atoms with E-state index in [0.29, 0.717) is 10.7 Å². The van der Waals surface area contributed by atoms with Gasteiger partial charge in [-0.1, -0.05) is 12.1 Å². The van der Waals surface area contributed by atoms with Crippen LogP contribution < -0.4 is 4.74 Å². The van der Waals surface area contributed by atoms with E-state index in [1.54, 1.807) is 30.3 Å². The van der Waals surface area contributed by atoms with Crippen molar-refractivity contribution in [2.24, 2.45) is 0 Å². The van der Waals surface area contributed by atoms with E-state index in [9.17, 15) is 14.4 Å². The van der Waals surface area contributed by atoms with Crippen LogP contribution in [0.15, 0.2) is 29.2 Å². The summed E-state index contributed by atoms with van der Waals surface area (Å²) in [4.78, 5) is 35.2. The number of nitrogens with zero attached hydrogens (tertiary/aromatic N) is 1. The summed E-state index contributed by atoms with van der Waals surface area (Å²) in [5, 5.41) is -0.284. The molecule has 0 atom stereocenters. The number of benzene rings is 1. The summed E-state index contributed by atoms with van der Waals surface area (Å²) in [5.74, 6) is -0.257. The number of carbonyl (C=O) groups is 3. The van der Waals surface area contributed by atoms with Gasteiger partial charge in [0.25, 0.3) is 11.1 Å². The molecule has 1 fully saturated rings. The summed E-state index contributed by atoms with van der Waals surface area (Å²) in [7, 11) is 1.45. The lowest BCUT2D eigenvalue weighted by atomic mass is 10.2. The van der Waals surface area contributed by atoms with Crippen LogP contribution in [0.3, 0.4) is 0 Å². The summed E-state index contributed by atoms with van der Waals surface area (Å²) in [6.07, 6.45) is 1.63. The zero-order valence-electron chi connectivity index (χ0n) is 10.4. The summed E-state index contributed by atoms with van der Waals surface area (Å²) in [6, 6.07) is 6.68. The summed E-state index contributed by atoms with van der Waals surface area (Å²) in [5.41, 5.74) is 0.759. The molecule has 5 nitrogen and oxygen atoms in total. The van der Waals surface area contributed by atoms with E-state index in [4.69, 9.17) is 4.74 Å². The normalized spacial score (nSPS) is 17.2. The third-order valence-electron chi connectivity index (χ3n) is 2.43. The Bertz CT molecular complexity index is 577. The first-order valence-electron chi connectivity index (χ1n) is 5.47. The van der Waals surface area contributed by atoms with E-state index in [2.05, 4.69) is 0 Å². The molecule has 1 aliphatic rings. The molecule has 2 amide bonds. The molecule has 1 aliphatic heterocycles. The Kier molecular flexibility index (Phi) is 3.71. The van der Waals surface area contributed by atoms with Gasteiger partial charge in [0.05, 0.1) is 4.91 Å². The molecular weight excluding hydrogens is 266 g/mol. The number of hydrogen-bond donors (Lipinski definition) is 0. The van der Waals surface area contributed by atoms with Crippen molar-refractivity contribution in [1.82, 2.24) is 4.90 Å². The van der Waals surface area contributed by atoms with Gasteiger partial charge in [-0.25, -0.2) is 0 Å². The van der Waals surface area contributed by atoms with E-state index >= 15 is 0 Å². The van der Waals surface area contributed by atoms with Gasteiger partial charge < -0.3 is 4.74 Å². The zero-order valence-corrected chi connectivity index (χ0v) is 11.2. The van der Waals surface area contributed by atoms with Gasteiger partial charge in [-0.2, -0.15) is 0 Å². The molecule has 0 radical (unpaired) electrons. The van der Waals surface area contributed by atoms with Crippen LogP contribution in [0, 0.1) is 0 Å². The maximum atomic E-state index is 11.7. The van der Waals surface area contributed by atoms with Crippen LogP contribution in [-0.2, 0) is 9.59 Å². The third kappa shape index (κ3) is 3.03. The van der Waals surface area contributed by atoms with Crippen LogP contribution in [0.25, 0.3) is 6.08 Å². The predicted molar refractivity (Wildman–Crippen MR) is 71.5 cm³/mol. The monoisotopic (exact) mass is 277 g/mol. The lowest BCUT2D eigenvalue weighted by molar-refractivity contribution is -0.131. The van der Waals surface area contributed by atoms with Gasteiger partial charge in [0.15, 0.2) is 0 Å². The number of ether oxygens (including phenoxy) is 1. The van der Waals surface area contributed by atoms with Crippen LogP contribution in [0.4, 0.5) is 4.79 Å². The van der Waals surface area contributed by atoms with Crippen molar-refractivity contribution in [3.63, 3.8) is 0 Å². The minimum absolute atomic E-state index is 0.284. The second kappa shape index (κ2) is 5.27. The van der Waals surface area contributed by atoms with Gasteiger partial charge in [0.1, 0.15) is 5.75 Å². The highest BCUT2D eigenvalue weighted by Gasteiger charge is 2.31. The first-order valence-corrected chi connectivity index (χ1v) is 6.29. The molecule has 0 aliphatic carbocycles. The standard InChI is InChI=1S/C13H11NO4S/c1-8(15)18-10-5-3-9(4-6-10)7-11-12(16)14(2)13(17)19-11/h3-7H,1-2H3/b11-7+. The van der Waals surface area contributed by atoms with E-state index in [1.807, 2.05) is 0 Å². The van der Waals surface area contributed by atoms with Gasteiger partial charge >= 0.3 is 5.97 Å². The van der Waals surface area contributed by atoms with Gasteiger partial charge in [0.2, 0.25) is 0 Å². The number of hydrogen-bond acceptors (Lipinski definition) is 5. The molecule has 0 unspecified atom stereocenters. The van der Waals surface area contributed by atoms with Crippen molar-refractivity contribution in [1.29, 1.82) is 0 Å². The second-order valence-corrected chi connectivity index (χ2v) is 4.90. The van der Waals surface area contributed by atoms with Crippen LogP contribution >= 0.6 is 11.8 Å². The fourth-order valence-corrected chi connectivity index (χ4v) is 2.32. The Morgan fingerprint density at radius 1 is 1.26 bits per heavy atom. The summed E-state index contributed by atoms with van der Waals surface area (Å²) >= 11 is 0.905. The van der Waals surface area contributed by atoms with E-state index in [-0.39, 0.29) is 17.1 Å². The Labute approximate surface area is 114 Å². The lowest BCUT2D eigenvalue weighted by Crippen LogP contribution is -2.22. The molecule has 0 spiro atoms. The van der Waals surface area contributed by atoms with E-state index in [0.717, 1.165) is 22.2 Å². The first-order chi connectivity index (χ1) is 8.97. The molecule has 98 valence electrons. The first kappa shape index (κ1) is 13.4. The SMILES string of the molecule is CC(=O)Oc1ccc(/C=C2/SC(=O)N(C)C2=O)cc1. The van der Waals surface area contributed by atoms with Crippen LogP contribution in [0.2, 0.25) is 0 Å². The molecule has 6 heteroatoms. The van der Waals surface area contributed by atoms with Gasteiger partial charge in [0, 0.05) is 14.0 Å². The van der Waals surface area contributed by atoms with Crippen molar-refractivity contribution in [2.45, 2.75) is 6.92 Å². The summed E-state index contributed by atoms with van der Waals surface area (Å²) < 4.78 is 4.90. The fourth-order valence-electron chi connectivity index (χ4n) is 1.50. The average Bonchev–Trinajstić information content (AvgIpc) is 2.59. The fraction of sp³-hybridized carbons (Fsp3) is 0.154. The molecule has 1 saturated heterocycles. The third-order valence-corrected chi connectivity index (χ3v) is 3.39. The predicted octanol–water partition coefficient (Wildman–Crippen LogP) is 2.28. The van der Waals surface area contributed by atoms with Crippen molar-refractivity contribution in [3.05, 3.63) is 34.7 Å². The second-order valence-electron chi connectivity index (χ2n) is 3.90. The number of imide groups is 1. The molecule has 2 rings (SSSR count). The lowest BCUT2D eigenvalue weighted by Gasteiger charge is -2.02. The van der Waals surface area contributed by atoms with Crippen molar-refractivity contribution in [3.8, 4) is 5.75 Å². The molecule has 19 heavy (non-hydrogen) atoms. The number of carbonyl (C=O) groups excluding carboxylic acids is 3. The highest BCUT2D eigenvalue weighted by Crippen LogP contribution is 2.31. The minimum Gasteiger partial charge on any atom is -0.427 e. The largest absolute Gasteiger partial charge is 0.427 e. The molecular formula is C13H11NO4S. The number of thioether (sulfide) groups is 1. The Balaban J connectivity index is 2.18. The van der Waals surface area contributed by atoms with Crippen molar-refractivity contribution >= 4 is 35.0 Å². The quantitative estimate of drug-likeness (QED) is 0.471. The van der Waals surface area contributed by atoms with Crippen LogP contribution in [0.1, 0.15) is 12.5 Å². The van der Waals surface area contributed by atoms with Crippen LogP contribution in [0.5, 0.6) is 5.75 Å². The number of likely N-dealkylation sites (N-methyl/N-ethyl adjacent to an activating group) is 1. The topological polar surface area (TPSA) is 63.7 Å². The zero-order chi connectivity index (χ0) is 14.0. The molecule has 1 aromatic carbocycles. The maximum Gasteiger partial charge on any atom is 0.308 e. The van der Waals surface area contributed by atoms with E-state index in [1.165, 1.54) is 14.0 Å². The molecule has 0 aromatic heterocycles. The Morgan fingerprint density at radius 3 is 2.37 bits per heavy atom. The van der Waals surface area contributed by atoms with Gasteiger partial charge in [-0.15, -0.1) is 0 Å². The maximum absolute atomic E-state index is 11.7. The number of amides is 2. The highest BCUT2D eigenvalue weighted by atomic mass is 32.2. The Hall–Kier alpha value is -2.08. The number of rotatable bonds is 2. The highest BCUT2D eigenvalue weighted by molar-refractivity contribution is 8.18. The van der Waals surface area contributed by atoms with Crippen molar-refractivity contribution < 1.29 is 19.1 Å². The molecule has 0 saturated carbocycles. The van der Waals surface area contributed by atoms with Gasteiger partial charge in [-0.3, -0.25) is 19.3 Å². The van der Waals surface area contributed by atoms with E-state index < -0.39 is 0 Å². The molecule has 1 aromatic rings. The molecule has 1 heterocycles. The van der Waals surface area contributed by atoms with Gasteiger partial charge in [-0.05, 0) is 35.5 Å².